The Morgan fingerprint density at radius 1 is 1.50 bits per heavy atom. The van der Waals surface area contributed by atoms with Gasteiger partial charge in [0.15, 0.2) is 0 Å². The van der Waals surface area contributed by atoms with Gasteiger partial charge >= 0.3 is 5.97 Å². The molecule has 1 unspecified atom stereocenters. The van der Waals surface area contributed by atoms with E-state index in [0.29, 0.717) is 23.1 Å². The lowest BCUT2D eigenvalue weighted by atomic mass is 10.1. The second kappa shape index (κ2) is 6.85. The van der Waals surface area contributed by atoms with E-state index < -0.39 is 0 Å². The van der Waals surface area contributed by atoms with E-state index in [1.54, 1.807) is 13.0 Å². The Balaban J connectivity index is 2.01. The van der Waals surface area contributed by atoms with Crippen LogP contribution in [0.3, 0.4) is 0 Å². The summed E-state index contributed by atoms with van der Waals surface area (Å²) in [6.07, 6.45) is 2.39. The molecule has 2 rings (SSSR count). The molecular weight excluding hydrogens is 278 g/mol. The van der Waals surface area contributed by atoms with Gasteiger partial charge in [0.2, 0.25) is 0 Å². The van der Waals surface area contributed by atoms with Gasteiger partial charge in [-0.05, 0) is 44.7 Å². The molecule has 1 aliphatic rings. The highest BCUT2D eigenvalue weighted by molar-refractivity contribution is 7.18. The summed E-state index contributed by atoms with van der Waals surface area (Å²) < 4.78 is 10.4. The molecule has 1 aromatic rings. The van der Waals surface area contributed by atoms with Crippen LogP contribution in [0.15, 0.2) is 6.07 Å². The molecule has 0 aliphatic carbocycles. The number of ether oxygens (including phenoxy) is 2. The molecule has 110 valence electrons. The number of aryl methyl sites for hydroxylation is 1. The van der Waals surface area contributed by atoms with Crippen LogP contribution in [0.5, 0.6) is 0 Å². The molecule has 1 amide bonds. The predicted molar refractivity (Wildman–Crippen MR) is 77.2 cm³/mol. The van der Waals surface area contributed by atoms with Crippen molar-refractivity contribution in [3.05, 3.63) is 16.5 Å². The van der Waals surface area contributed by atoms with Crippen molar-refractivity contribution in [3.63, 3.8) is 0 Å². The van der Waals surface area contributed by atoms with Gasteiger partial charge in [-0.3, -0.25) is 4.79 Å². The SMILES string of the molecule is CCOC(=O)c1sc(NC(=O)C2CCCCO2)cc1C. The number of hydrogen-bond donors (Lipinski definition) is 1. The van der Waals surface area contributed by atoms with E-state index in [4.69, 9.17) is 9.47 Å². The molecule has 1 atom stereocenters. The van der Waals surface area contributed by atoms with Gasteiger partial charge in [-0.1, -0.05) is 0 Å². The number of carbonyl (C=O) groups excluding carboxylic acids is 2. The first-order valence-electron chi connectivity index (χ1n) is 6.82. The second-order valence-electron chi connectivity index (χ2n) is 4.69. The van der Waals surface area contributed by atoms with Crippen molar-refractivity contribution in [2.75, 3.05) is 18.5 Å². The van der Waals surface area contributed by atoms with Crippen molar-refractivity contribution in [2.45, 2.75) is 39.2 Å². The third kappa shape index (κ3) is 3.58. The molecule has 1 aliphatic heterocycles. The first-order valence-corrected chi connectivity index (χ1v) is 7.63. The number of rotatable bonds is 4. The van der Waals surface area contributed by atoms with Crippen LogP contribution in [0.1, 0.15) is 41.4 Å². The molecule has 1 N–H and O–H groups in total. The topological polar surface area (TPSA) is 64.6 Å². The average molecular weight is 297 g/mol. The number of hydrogen-bond acceptors (Lipinski definition) is 5. The van der Waals surface area contributed by atoms with E-state index in [0.717, 1.165) is 24.8 Å². The maximum absolute atomic E-state index is 12.0. The molecule has 0 radical (unpaired) electrons. The summed E-state index contributed by atoms with van der Waals surface area (Å²) in [5.41, 5.74) is 0.813. The summed E-state index contributed by atoms with van der Waals surface area (Å²) in [7, 11) is 0. The van der Waals surface area contributed by atoms with Crippen molar-refractivity contribution < 1.29 is 19.1 Å². The Labute approximate surface area is 122 Å². The van der Waals surface area contributed by atoms with E-state index >= 15 is 0 Å². The zero-order chi connectivity index (χ0) is 14.5. The highest BCUT2D eigenvalue weighted by Crippen LogP contribution is 2.28. The van der Waals surface area contributed by atoms with E-state index in [9.17, 15) is 9.59 Å². The number of thiophene rings is 1. The molecule has 20 heavy (non-hydrogen) atoms. The summed E-state index contributed by atoms with van der Waals surface area (Å²) in [5, 5.41) is 3.47. The molecule has 0 spiro atoms. The van der Waals surface area contributed by atoms with E-state index in [-0.39, 0.29) is 18.0 Å². The Bertz CT molecular complexity index is 491. The van der Waals surface area contributed by atoms with Crippen molar-refractivity contribution in [2.24, 2.45) is 0 Å². The van der Waals surface area contributed by atoms with Crippen molar-refractivity contribution in [3.8, 4) is 0 Å². The van der Waals surface area contributed by atoms with Gasteiger partial charge in [0, 0.05) is 6.61 Å². The summed E-state index contributed by atoms with van der Waals surface area (Å²) in [5.74, 6) is -0.481. The van der Waals surface area contributed by atoms with Crippen LogP contribution in [0.4, 0.5) is 5.00 Å². The average Bonchev–Trinajstić information content (AvgIpc) is 2.81. The fourth-order valence-electron chi connectivity index (χ4n) is 2.09. The van der Waals surface area contributed by atoms with Gasteiger partial charge in [-0.15, -0.1) is 11.3 Å². The maximum atomic E-state index is 12.0. The van der Waals surface area contributed by atoms with E-state index in [2.05, 4.69) is 5.32 Å². The van der Waals surface area contributed by atoms with Crippen LogP contribution in [-0.2, 0) is 14.3 Å². The van der Waals surface area contributed by atoms with Gasteiger partial charge in [0.25, 0.3) is 5.91 Å². The summed E-state index contributed by atoms with van der Waals surface area (Å²) in [6.45, 7) is 4.57. The van der Waals surface area contributed by atoms with Crippen molar-refractivity contribution in [1.29, 1.82) is 0 Å². The Morgan fingerprint density at radius 3 is 2.95 bits per heavy atom. The molecule has 1 fully saturated rings. The lowest BCUT2D eigenvalue weighted by molar-refractivity contribution is -0.129. The summed E-state index contributed by atoms with van der Waals surface area (Å²) >= 11 is 1.24. The molecular formula is C14H19NO4S. The van der Waals surface area contributed by atoms with Crippen LogP contribution in [-0.4, -0.2) is 31.2 Å². The zero-order valence-corrected chi connectivity index (χ0v) is 12.5. The number of amides is 1. The Hall–Kier alpha value is -1.40. The summed E-state index contributed by atoms with van der Waals surface area (Å²) in [6, 6.07) is 1.79. The fourth-order valence-corrected chi connectivity index (χ4v) is 3.06. The van der Waals surface area contributed by atoms with Gasteiger partial charge in [0.05, 0.1) is 11.6 Å². The quantitative estimate of drug-likeness (QED) is 0.868. The van der Waals surface area contributed by atoms with Gasteiger partial charge in [0.1, 0.15) is 11.0 Å². The minimum absolute atomic E-state index is 0.138. The van der Waals surface area contributed by atoms with Crippen LogP contribution >= 0.6 is 11.3 Å². The monoisotopic (exact) mass is 297 g/mol. The Morgan fingerprint density at radius 2 is 2.30 bits per heavy atom. The number of carbonyl (C=O) groups is 2. The second-order valence-corrected chi connectivity index (χ2v) is 5.74. The summed E-state index contributed by atoms with van der Waals surface area (Å²) in [4.78, 5) is 24.3. The van der Waals surface area contributed by atoms with Gasteiger partial charge in [-0.25, -0.2) is 4.79 Å². The number of anilines is 1. The minimum Gasteiger partial charge on any atom is -0.462 e. The highest BCUT2D eigenvalue weighted by atomic mass is 32.1. The van der Waals surface area contributed by atoms with Crippen molar-refractivity contribution >= 4 is 28.2 Å². The third-order valence-corrected chi connectivity index (χ3v) is 4.23. The third-order valence-electron chi connectivity index (χ3n) is 3.10. The number of nitrogens with one attached hydrogen (secondary N) is 1. The molecule has 2 heterocycles. The molecule has 1 aromatic heterocycles. The lowest BCUT2D eigenvalue weighted by Crippen LogP contribution is -2.32. The van der Waals surface area contributed by atoms with E-state index in [1.807, 2.05) is 6.92 Å². The van der Waals surface area contributed by atoms with Crippen LogP contribution < -0.4 is 5.32 Å². The standard InChI is InChI=1S/C14H19NO4S/c1-3-18-14(17)12-9(2)8-11(20-12)15-13(16)10-6-4-5-7-19-10/h8,10H,3-7H2,1-2H3,(H,15,16). The normalized spacial score (nSPS) is 18.6. The fraction of sp³-hybridized carbons (Fsp3) is 0.571. The Kier molecular flexibility index (Phi) is 5.14. The molecule has 0 bridgehead atoms. The molecule has 1 saturated heterocycles. The molecule has 0 aromatic carbocycles. The zero-order valence-electron chi connectivity index (χ0n) is 11.7. The largest absolute Gasteiger partial charge is 0.462 e. The minimum atomic E-state index is -0.378. The maximum Gasteiger partial charge on any atom is 0.348 e. The molecule has 5 nitrogen and oxygen atoms in total. The lowest BCUT2D eigenvalue weighted by Gasteiger charge is -2.21. The van der Waals surface area contributed by atoms with Crippen LogP contribution in [0.25, 0.3) is 0 Å². The molecule has 6 heteroatoms. The molecule has 0 saturated carbocycles. The van der Waals surface area contributed by atoms with E-state index in [1.165, 1.54) is 11.3 Å². The number of esters is 1. The van der Waals surface area contributed by atoms with Crippen molar-refractivity contribution in [1.82, 2.24) is 0 Å². The van der Waals surface area contributed by atoms with Crippen LogP contribution in [0.2, 0.25) is 0 Å². The van der Waals surface area contributed by atoms with Gasteiger partial charge in [-0.2, -0.15) is 0 Å². The smallest absolute Gasteiger partial charge is 0.348 e. The van der Waals surface area contributed by atoms with Crippen LogP contribution in [0, 0.1) is 6.92 Å². The highest BCUT2D eigenvalue weighted by Gasteiger charge is 2.23. The first kappa shape index (κ1) is 15.0. The first-order chi connectivity index (χ1) is 9.61. The van der Waals surface area contributed by atoms with Gasteiger partial charge < -0.3 is 14.8 Å². The predicted octanol–water partition coefficient (Wildman–Crippen LogP) is 2.74.